The molecule has 3 N–H and O–H groups in total. The molecule has 19 heteroatoms. The summed E-state index contributed by atoms with van der Waals surface area (Å²) in [5, 5.41) is 10.5. The first kappa shape index (κ1) is 82.1. The molecule has 0 aliphatic carbocycles. The highest BCUT2D eigenvalue weighted by molar-refractivity contribution is 7.47. The molecule has 0 aliphatic rings. The van der Waals surface area contributed by atoms with E-state index in [2.05, 4.69) is 41.5 Å². The Morgan fingerprint density at radius 2 is 0.607 bits per heavy atom. The molecule has 3 unspecified atom stereocenters. The minimum atomic E-state index is -4.94. The first-order valence-corrected chi connectivity index (χ1v) is 37.0. The summed E-state index contributed by atoms with van der Waals surface area (Å²) in [5.41, 5.74) is 0. The molecule has 0 saturated heterocycles. The number of esters is 4. The van der Waals surface area contributed by atoms with Crippen LogP contribution in [0.5, 0.6) is 0 Å². The Bertz CT molecular complexity index is 1650. The molecular weight excluding hydrogens is 1110 g/mol. The molecule has 0 radical (unpaired) electrons. The smallest absolute Gasteiger partial charge is 0.462 e. The van der Waals surface area contributed by atoms with Gasteiger partial charge in [-0.05, 0) is 37.5 Å². The molecule has 6 atom stereocenters. The molecule has 0 heterocycles. The van der Waals surface area contributed by atoms with Crippen molar-refractivity contribution in [1.82, 2.24) is 0 Å². The van der Waals surface area contributed by atoms with Crippen molar-refractivity contribution in [3.05, 3.63) is 0 Å². The fraction of sp³-hybridized carbons (Fsp3) is 0.938. The summed E-state index contributed by atoms with van der Waals surface area (Å²) < 4.78 is 68.0. The van der Waals surface area contributed by atoms with Crippen molar-refractivity contribution in [3.63, 3.8) is 0 Å². The van der Waals surface area contributed by atoms with Gasteiger partial charge >= 0.3 is 39.5 Å². The van der Waals surface area contributed by atoms with Crippen molar-refractivity contribution in [2.75, 3.05) is 39.6 Å². The highest BCUT2D eigenvalue weighted by Gasteiger charge is 2.30. The minimum absolute atomic E-state index is 0.103. The normalized spacial score (nSPS) is 14.6. The lowest BCUT2D eigenvalue weighted by molar-refractivity contribution is -0.161. The molecular formula is C65H126O17P2. The molecule has 0 aromatic carbocycles. The second-order valence-corrected chi connectivity index (χ2v) is 27.1. The molecule has 0 aromatic rings. The summed E-state index contributed by atoms with van der Waals surface area (Å²) in [5.74, 6) is -0.707. The molecule has 498 valence electrons. The van der Waals surface area contributed by atoms with Gasteiger partial charge in [0.15, 0.2) is 12.2 Å². The lowest BCUT2D eigenvalue weighted by atomic mass is 10.00. The van der Waals surface area contributed by atoms with Crippen LogP contribution < -0.4 is 0 Å². The van der Waals surface area contributed by atoms with Gasteiger partial charge in [-0.25, -0.2) is 9.13 Å². The molecule has 0 saturated carbocycles. The predicted molar refractivity (Wildman–Crippen MR) is 335 cm³/mol. The number of hydrogen-bond donors (Lipinski definition) is 3. The Morgan fingerprint density at radius 3 is 0.905 bits per heavy atom. The van der Waals surface area contributed by atoms with E-state index in [0.717, 1.165) is 102 Å². The lowest BCUT2D eigenvalue weighted by Gasteiger charge is -2.21. The largest absolute Gasteiger partial charge is 0.472 e. The third-order valence-electron chi connectivity index (χ3n) is 15.3. The van der Waals surface area contributed by atoms with Crippen molar-refractivity contribution in [2.24, 2.45) is 11.8 Å². The van der Waals surface area contributed by atoms with Gasteiger partial charge in [0.1, 0.15) is 19.3 Å². The number of aliphatic hydroxyl groups excluding tert-OH is 1. The van der Waals surface area contributed by atoms with Gasteiger partial charge in [-0.2, -0.15) is 0 Å². The Kier molecular flexibility index (Phi) is 56.2. The van der Waals surface area contributed by atoms with E-state index in [1.54, 1.807) is 0 Å². The number of phosphoric acid groups is 2. The quantitative estimate of drug-likeness (QED) is 0.0222. The standard InChI is InChI=1S/C65H126O17P2/c1-7-10-12-14-16-18-20-22-24-28-35-41-47-62(67)75-53-60(81-64(69)49-43-37-29-25-23-21-19-17-15-13-11-8-2)55-79-83(71,72)77-51-59(66)52-78-84(73,74)80-56-61(82-65(70)50-44-38-30-26-27-33-39-45-57(4)5)54-76-63(68)48-42-36-32-31-34-40-46-58(6)9-3/h57-61,66H,7-56H2,1-6H3,(H,71,72)(H,73,74)/t58?,59-,60-,61-/m1/s1. The number of unbranched alkanes of at least 4 members (excludes halogenated alkanes) is 33. The molecule has 17 nitrogen and oxygen atoms in total. The topological polar surface area (TPSA) is 237 Å². The van der Waals surface area contributed by atoms with Crippen molar-refractivity contribution in [2.45, 2.75) is 342 Å². The molecule has 0 rings (SSSR count). The van der Waals surface area contributed by atoms with Gasteiger partial charge in [0.05, 0.1) is 26.4 Å². The Hall–Kier alpha value is -1.94. The third kappa shape index (κ3) is 57.8. The SMILES string of the molecule is CCCCCCCCCCCCCCC(=O)OC[C@H](COP(=O)(O)OC[C@@H](O)COP(=O)(O)OC[C@@H](COC(=O)CCCCCCCCC(C)CC)OC(=O)CCCCCCCCCC(C)C)OC(=O)CCCCCCCCCCCCCC. The molecule has 0 aromatic heterocycles. The molecule has 0 aliphatic heterocycles. The Morgan fingerprint density at radius 1 is 0.345 bits per heavy atom. The maximum atomic E-state index is 13.0. The second-order valence-electron chi connectivity index (χ2n) is 24.2. The summed E-state index contributed by atoms with van der Waals surface area (Å²) in [6, 6.07) is 0. The van der Waals surface area contributed by atoms with Crippen molar-refractivity contribution < 1.29 is 80.2 Å². The first-order chi connectivity index (χ1) is 40.4. The zero-order valence-corrected chi connectivity index (χ0v) is 56.0. The van der Waals surface area contributed by atoms with Crippen molar-refractivity contribution in [3.8, 4) is 0 Å². The van der Waals surface area contributed by atoms with Gasteiger partial charge in [0.2, 0.25) is 0 Å². The van der Waals surface area contributed by atoms with Crippen LogP contribution in [0, 0.1) is 11.8 Å². The van der Waals surface area contributed by atoms with E-state index in [1.807, 2.05) is 0 Å². The third-order valence-corrected chi connectivity index (χ3v) is 17.2. The van der Waals surface area contributed by atoms with Crippen LogP contribution in [0.1, 0.15) is 324 Å². The van der Waals surface area contributed by atoms with E-state index in [1.165, 1.54) is 135 Å². The lowest BCUT2D eigenvalue weighted by Crippen LogP contribution is -2.30. The fourth-order valence-electron chi connectivity index (χ4n) is 9.68. The Labute approximate surface area is 511 Å². The van der Waals surface area contributed by atoms with Gasteiger partial charge in [-0.1, -0.05) is 273 Å². The van der Waals surface area contributed by atoms with Crippen LogP contribution >= 0.6 is 15.6 Å². The number of carbonyl (C=O) groups is 4. The summed E-state index contributed by atoms with van der Waals surface area (Å²) in [4.78, 5) is 72.3. The van der Waals surface area contributed by atoms with Crippen molar-refractivity contribution >= 4 is 39.5 Å². The van der Waals surface area contributed by atoms with Crippen LogP contribution in [-0.4, -0.2) is 96.7 Å². The van der Waals surface area contributed by atoms with E-state index in [0.29, 0.717) is 31.6 Å². The van der Waals surface area contributed by atoms with Crippen LogP contribution in [0.25, 0.3) is 0 Å². The Balaban J connectivity index is 5.25. The monoisotopic (exact) mass is 1240 g/mol. The van der Waals surface area contributed by atoms with Gasteiger partial charge < -0.3 is 33.8 Å². The van der Waals surface area contributed by atoms with Gasteiger partial charge in [-0.3, -0.25) is 37.3 Å². The summed E-state index contributed by atoms with van der Waals surface area (Å²) in [7, 11) is -9.89. The zero-order valence-electron chi connectivity index (χ0n) is 54.2. The van der Waals surface area contributed by atoms with Crippen LogP contribution in [0.3, 0.4) is 0 Å². The van der Waals surface area contributed by atoms with Gasteiger partial charge in [0, 0.05) is 25.7 Å². The number of hydrogen-bond acceptors (Lipinski definition) is 15. The summed E-state index contributed by atoms with van der Waals surface area (Å²) in [6.45, 7) is 9.40. The van der Waals surface area contributed by atoms with E-state index in [9.17, 15) is 43.2 Å². The molecule has 84 heavy (non-hydrogen) atoms. The molecule has 0 spiro atoms. The minimum Gasteiger partial charge on any atom is -0.462 e. The van der Waals surface area contributed by atoms with Crippen molar-refractivity contribution in [1.29, 1.82) is 0 Å². The fourth-order valence-corrected chi connectivity index (χ4v) is 11.3. The maximum Gasteiger partial charge on any atom is 0.472 e. The van der Waals surface area contributed by atoms with E-state index in [4.69, 9.17) is 37.0 Å². The summed E-state index contributed by atoms with van der Waals surface area (Å²) in [6.07, 6.45) is 40.3. The van der Waals surface area contributed by atoms with E-state index < -0.39 is 97.5 Å². The van der Waals surface area contributed by atoms with E-state index >= 15 is 0 Å². The molecule has 0 fully saturated rings. The highest BCUT2D eigenvalue weighted by Crippen LogP contribution is 2.45. The number of carbonyl (C=O) groups excluding carboxylic acids is 4. The number of aliphatic hydroxyl groups is 1. The first-order valence-electron chi connectivity index (χ1n) is 34.0. The average molecular weight is 1240 g/mol. The summed E-state index contributed by atoms with van der Waals surface area (Å²) >= 11 is 0. The van der Waals surface area contributed by atoms with Crippen LogP contribution in [0.2, 0.25) is 0 Å². The predicted octanol–water partition coefficient (Wildman–Crippen LogP) is 18.0. The number of phosphoric ester groups is 2. The maximum absolute atomic E-state index is 13.0. The second kappa shape index (κ2) is 57.5. The molecule has 0 bridgehead atoms. The van der Waals surface area contributed by atoms with Crippen LogP contribution in [0.15, 0.2) is 0 Å². The number of ether oxygens (including phenoxy) is 4. The zero-order chi connectivity index (χ0) is 62.2. The van der Waals surface area contributed by atoms with Crippen LogP contribution in [-0.2, 0) is 65.4 Å². The number of rotatable bonds is 64. The van der Waals surface area contributed by atoms with Gasteiger partial charge in [0.25, 0.3) is 0 Å². The molecule has 0 amide bonds. The average Bonchev–Trinajstić information content (AvgIpc) is 3.46. The van der Waals surface area contributed by atoms with E-state index in [-0.39, 0.29) is 25.7 Å². The van der Waals surface area contributed by atoms with Crippen LogP contribution in [0.4, 0.5) is 0 Å². The van der Waals surface area contributed by atoms with Gasteiger partial charge in [-0.15, -0.1) is 0 Å². The highest BCUT2D eigenvalue weighted by atomic mass is 31.2.